The van der Waals surface area contributed by atoms with Crippen LogP contribution in [0.3, 0.4) is 0 Å². The van der Waals surface area contributed by atoms with E-state index in [1.54, 1.807) is 52.1 Å². The molecular formula is C56H64Cl2N10O9S. The summed E-state index contributed by atoms with van der Waals surface area (Å²) in [4.78, 5) is 112. The molecule has 0 radical (unpaired) electrons. The largest absolute Gasteiger partial charge is 0.379 e. The van der Waals surface area contributed by atoms with Gasteiger partial charge < -0.3 is 44.4 Å². The van der Waals surface area contributed by atoms with Crippen LogP contribution in [0.25, 0.3) is 21.8 Å². The Hall–Kier alpha value is -6.97. The molecule has 6 heterocycles. The number of aromatic amines is 1. The minimum absolute atomic E-state index is 0.0121. The van der Waals surface area contributed by atoms with Crippen molar-refractivity contribution in [2.45, 2.75) is 97.9 Å². The topological polar surface area (TPSA) is 232 Å². The van der Waals surface area contributed by atoms with Gasteiger partial charge in [-0.15, -0.1) is 11.3 Å². The second-order valence-corrected chi connectivity index (χ2v) is 22.5. The highest BCUT2D eigenvalue weighted by Crippen LogP contribution is 2.44. The molecule has 19 nitrogen and oxygen atoms in total. The monoisotopic (exact) mass is 1120 g/mol. The average molecular weight is 1120 g/mol. The Kier molecular flexibility index (Phi) is 17.9. The van der Waals surface area contributed by atoms with E-state index >= 15 is 0 Å². The summed E-state index contributed by atoms with van der Waals surface area (Å²) < 4.78 is 14.4. The maximum absolute atomic E-state index is 14.4. The number of benzene rings is 2. The lowest BCUT2D eigenvalue weighted by Gasteiger charge is -2.35. The van der Waals surface area contributed by atoms with Crippen LogP contribution >= 0.6 is 34.5 Å². The number of nitrogens with zero attached hydrogens (tertiary/aromatic N) is 6. The van der Waals surface area contributed by atoms with Crippen molar-refractivity contribution in [1.29, 1.82) is 0 Å². The first-order valence-corrected chi connectivity index (χ1v) is 27.4. The number of imidazole rings is 1. The van der Waals surface area contributed by atoms with Gasteiger partial charge in [-0.1, -0.05) is 80.4 Å². The number of likely N-dealkylation sites (tertiary alicyclic amines) is 1. The molecule has 0 aliphatic carbocycles. The van der Waals surface area contributed by atoms with E-state index in [1.807, 2.05) is 78.2 Å². The molecule has 2 aromatic carbocycles. The fraction of sp³-hybridized carbons (Fsp3) is 0.411. The molecule has 0 spiro atoms. The van der Waals surface area contributed by atoms with Crippen LogP contribution < -0.4 is 32.0 Å². The van der Waals surface area contributed by atoms with Crippen LogP contribution in [0.2, 0.25) is 10.0 Å². The molecule has 2 aliphatic rings. The SMILES string of the molecule is Cc1ncsc1-c1ccc([C@H](C)NC(=O)[C@@H]2CCCN2C(=O)[C@@H](NC(=O)CCOCCOCCNC(=O)c2c[nH]c(=O)c(-c3nc4c(n3C(C)C)[C@H](c3ccc(Cl)cc3)N(c3cc(Cl)cn(C)c3=O)C4=O)c2)C(C)(C)C)cc1. The van der Waals surface area contributed by atoms with Gasteiger partial charge in [0.1, 0.15) is 29.6 Å². The number of hydrogen-bond donors (Lipinski definition) is 4. The van der Waals surface area contributed by atoms with Gasteiger partial charge in [-0.25, -0.2) is 9.97 Å². The summed E-state index contributed by atoms with van der Waals surface area (Å²) in [6.45, 7) is 14.3. The quantitative estimate of drug-likeness (QED) is 0.0545. The molecule has 0 saturated carbocycles. The summed E-state index contributed by atoms with van der Waals surface area (Å²) in [6.07, 6.45) is 3.91. The van der Waals surface area contributed by atoms with Crippen LogP contribution in [0.5, 0.6) is 0 Å². The van der Waals surface area contributed by atoms with Gasteiger partial charge in [0.05, 0.1) is 70.4 Å². The Balaban J connectivity index is 0.808. The van der Waals surface area contributed by atoms with Gasteiger partial charge in [0, 0.05) is 50.0 Å². The van der Waals surface area contributed by atoms with E-state index < -0.39 is 46.5 Å². The Morgan fingerprint density at radius 3 is 2.28 bits per heavy atom. The third-order valence-corrected chi connectivity index (χ3v) is 15.2. The number of ether oxygens (including phenoxy) is 2. The Bertz CT molecular complexity index is 3330. The van der Waals surface area contributed by atoms with E-state index in [9.17, 15) is 33.6 Å². The lowest BCUT2D eigenvalue weighted by atomic mass is 9.85. The molecule has 8 rings (SSSR count). The number of carbonyl (C=O) groups is 5. The average Bonchev–Trinajstić information content (AvgIpc) is 4.36. The first-order chi connectivity index (χ1) is 37.1. The molecule has 0 unspecified atom stereocenters. The van der Waals surface area contributed by atoms with E-state index in [1.165, 1.54) is 34.0 Å². The highest BCUT2D eigenvalue weighted by Gasteiger charge is 2.46. The van der Waals surface area contributed by atoms with E-state index in [-0.39, 0.29) is 103 Å². The zero-order chi connectivity index (χ0) is 56.2. The summed E-state index contributed by atoms with van der Waals surface area (Å²) >= 11 is 14.3. The molecule has 1 fully saturated rings. The molecule has 2 aliphatic heterocycles. The maximum Gasteiger partial charge on any atom is 0.279 e. The highest BCUT2D eigenvalue weighted by atomic mass is 35.5. The van der Waals surface area contributed by atoms with Crippen molar-refractivity contribution in [3.05, 3.63) is 143 Å². The second-order valence-electron chi connectivity index (χ2n) is 20.8. The zero-order valence-corrected chi connectivity index (χ0v) is 47.1. The first kappa shape index (κ1) is 57.2. The van der Waals surface area contributed by atoms with Crippen LogP contribution in [-0.4, -0.2) is 110 Å². The predicted octanol–water partition coefficient (Wildman–Crippen LogP) is 7.56. The number of halogens is 2. The maximum atomic E-state index is 14.4. The van der Waals surface area contributed by atoms with Crippen molar-refractivity contribution in [3.8, 4) is 21.8 Å². The molecule has 6 aromatic rings. The number of H-pyrrole nitrogens is 1. The third-order valence-electron chi connectivity index (χ3n) is 13.8. The van der Waals surface area contributed by atoms with Crippen LogP contribution in [-0.2, 0) is 30.9 Å². The van der Waals surface area contributed by atoms with Crippen molar-refractivity contribution in [3.63, 3.8) is 0 Å². The Labute approximate surface area is 465 Å². The number of fused-ring (bicyclic) bond motifs is 1. The molecule has 0 bridgehead atoms. The Morgan fingerprint density at radius 2 is 1.62 bits per heavy atom. The highest BCUT2D eigenvalue weighted by molar-refractivity contribution is 7.13. The minimum atomic E-state index is -0.880. The summed E-state index contributed by atoms with van der Waals surface area (Å²) in [5, 5.41) is 9.50. The van der Waals surface area contributed by atoms with Crippen LogP contribution in [0.1, 0.15) is 122 Å². The normalized spacial score (nSPS) is 16.1. The van der Waals surface area contributed by atoms with Gasteiger partial charge >= 0.3 is 0 Å². The second kappa shape index (κ2) is 24.4. The fourth-order valence-corrected chi connectivity index (χ4v) is 11.0. The summed E-state index contributed by atoms with van der Waals surface area (Å²) in [6, 6.07) is 14.7. The number of pyridine rings is 2. The van der Waals surface area contributed by atoms with Gasteiger partial charge in [-0.2, -0.15) is 0 Å². The molecule has 4 atom stereocenters. The molecule has 1 saturated heterocycles. The van der Waals surface area contributed by atoms with Gasteiger partial charge in [-0.05, 0) is 86.9 Å². The summed E-state index contributed by atoms with van der Waals surface area (Å²) in [5.74, 6) is -1.84. The lowest BCUT2D eigenvalue weighted by molar-refractivity contribution is -0.144. The number of amides is 5. The summed E-state index contributed by atoms with van der Waals surface area (Å²) in [5.41, 5.74) is 4.46. The van der Waals surface area contributed by atoms with E-state index in [2.05, 4.69) is 25.9 Å². The minimum Gasteiger partial charge on any atom is -0.379 e. The molecule has 78 heavy (non-hydrogen) atoms. The number of nitrogens with one attached hydrogen (secondary N) is 4. The van der Waals surface area contributed by atoms with Gasteiger partial charge in [0.15, 0.2) is 5.69 Å². The number of carbonyl (C=O) groups excluding carboxylic acids is 5. The number of hydrogen-bond acceptors (Lipinski definition) is 12. The third kappa shape index (κ3) is 12.5. The van der Waals surface area contributed by atoms with Gasteiger partial charge in [-0.3, -0.25) is 38.5 Å². The van der Waals surface area contributed by atoms with Crippen molar-refractivity contribution >= 4 is 69.8 Å². The van der Waals surface area contributed by atoms with Crippen LogP contribution in [0.15, 0.2) is 88.2 Å². The van der Waals surface area contributed by atoms with E-state index in [4.69, 9.17) is 37.7 Å². The van der Waals surface area contributed by atoms with Crippen molar-refractivity contribution in [2.24, 2.45) is 12.5 Å². The smallest absolute Gasteiger partial charge is 0.279 e. The molecule has 412 valence electrons. The number of rotatable bonds is 20. The lowest BCUT2D eigenvalue weighted by Crippen LogP contribution is -2.57. The standard InChI is InChI=1S/C56H64Cl2N10O9S/c1-31(2)67-46-44(54(74)68(42-27-39(58)29-65(8)53(42)73)45(46)35-15-17-38(57)18-16-35)64-49(67)40-26-37(28-60-51(40)71)50(70)59-20-23-77-25-24-76-22-19-43(69)63-48(56(5,6)7)55(75)66-21-9-10-41(66)52(72)62-32(3)34-11-13-36(14-12-34)47-33(4)61-30-78-47/h11-18,26-32,41,45,48H,9-10,19-25H2,1-8H3,(H,59,70)(H,60,71)(H,62,72)(H,63,69)/t32-,41-,45-,48+/m0/s1. The van der Waals surface area contributed by atoms with Gasteiger partial charge in [0.25, 0.3) is 22.9 Å². The fourth-order valence-electron chi connectivity index (χ4n) is 9.81. The van der Waals surface area contributed by atoms with Crippen molar-refractivity contribution in [1.82, 2.24) is 44.9 Å². The molecular weight excluding hydrogens is 1060 g/mol. The first-order valence-electron chi connectivity index (χ1n) is 25.8. The van der Waals surface area contributed by atoms with E-state index in [0.717, 1.165) is 21.7 Å². The number of anilines is 1. The number of thiazole rings is 1. The van der Waals surface area contributed by atoms with Crippen LogP contribution in [0.4, 0.5) is 5.69 Å². The zero-order valence-electron chi connectivity index (χ0n) is 44.8. The molecule has 5 amide bonds. The van der Waals surface area contributed by atoms with Gasteiger partial charge in [0.2, 0.25) is 17.7 Å². The van der Waals surface area contributed by atoms with Crippen molar-refractivity contribution < 1.29 is 33.4 Å². The van der Waals surface area contributed by atoms with E-state index in [0.29, 0.717) is 35.7 Å². The molecule has 4 aromatic heterocycles. The molecule has 22 heteroatoms. The summed E-state index contributed by atoms with van der Waals surface area (Å²) in [7, 11) is 1.54. The number of aromatic nitrogens is 5. The molecule has 4 N–H and O–H groups in total. The predicted molar refractivity (Wildman–Crippen MR) is 299 cm³/mol. The number of aryl methyl sites for hydroxylation is 2. The van der Waals surface area contributed by atoms with Crippen LogP contribution in [0, 0.1) is 12.3 Å². The van der Waals surface area contributed by atoms with Crippen molar-refractivity contribution in [2.75, 3.05) is 44.4 Å². The Morgan fingerprint density at radius 1 is 0.910 bits per heavy atom.